The Labute approximate surface area is 133 Å². The molecule has 1 aliphatic carbocycles. The molecule has 2 aliphatic rings. The topological polar surface area (TPSA) is 49.6 Å². The molecule has 0 unspecified atom stereocenters. The number of nitrogens with zero attached hydrogens (tertiary/aromatic N) is 2. The maximum absolute atomic E-state index is 12.2. The number of hydrogen-bond acceptors (Lipinski definition) is 4. The van der Waals surface area contributed by atoms with Crippen LogP contribution in [0.3, 0.4) is 0 Å². The van der Waals surface area contributed by atoms with Crippen LogP contribution in [0.1, 0.15) is 32.1 Å². The van der Waals surface area contributed by atoms with Crippen LogP contribution in [0.15, 0.2) is 0 Å². The Balaban J connectivity index is 0.00000200. The normalized spacial score (nSPS) is 22.6. The largest absolute Gasteiger partial charge is 0.339 e. The predicted octanol–water partition coefficient (Wildman–Crippen LogP) is 1.58. The van der Waals surface area contributed by atoms with Gasteiger partial charge in [0.2, 0.25) is 5.91 Å². The number of halogens is 1. The number of amides is 1. The fourth-order valence-corrected chi connectivity index (χ4v) is 3.67. The molecule has 4 nitrogen and oxygen atoms in total. The van der Waals surface area contributed by atoms with E-state index >= 15 is 0 Å². The van der Waals surface area contributed by atoms with Crippen molar-refractivity contribution in [3.8, 4) is 0 Å². The molecule has 2 fully saturated rings. The van der Waals surface area contributed by atoms with Crippen molar-refractivity contribution in [2.45, 2.75) is 44.2 Å². The smallest absolute Gasteiger partial charge is 0.239 e. The Kier molecular flexibility index (Phi) is 8.25. The molecule has 1 aliphatic heterocycles. The first-order valence-electron chi connectivity index (χ1n) is 7.49. The lowest BCUT2D eigenvalue weighted by molar-refractivity contribution is -0.134. The molecule has 1 heterocycles. The monoisotopic (exact) mass is 321 g/mol. The maximum atomic E-state index is 12.2. The van der Waals surface area contributed by atoms with Gasteiger partial charge in [0, 0.05) is 32.2 Å². The van der Waals surface area contributed by atoms with Gasteiger partial charge in [0.1, 0.15) is 0 Å². The zero-order valence-electron chi connectivity index (χ0n) is 12.4. The molecule has 20 heavy (non-hydrogen) atoms. The van der Waals surface area contributed by atoms with Crippen LogP contribution in [0, 0.1) is 0 Å². The summed E-state index contributed by atoms with van der Waals surface area (Å²) in [5.41, 5.74) is 5.97. The summed E-state index contributed by atoms with van der Waals surface area (Å²) < 4.78 is 0. The summed E-state index contributed by atoms with van der Waals surface area (Å²) in [4.78, 5) is 16.7. The minimum absolute atomic E-state index is 0. The molecular formula is C14H28ClN3OS. The first kappa shape index (κ1) is 18.1. The minimum Gasteiger partial charge on any atom is -0.339 e. The molecule has 0 aromatic rings. The highest BCUT2D eigenvalue weighted by molar-refractivity contribution is 7.98. The summed E-state index contributed by atoms with van der Waals surface area (Å²) >= 11 is 1.75. The number of carbonyl (C=O) groups excluding carboxylic acids is 1. The lowest BCUT2D eigenvalue weighted by Crippen LogP contribution is -2.54. The molecule has 118 valence electrons. The third-order valence-electron chi connectivity index (χ3n) is 4.42. The van der Waals surface area contributed by atoms with Gasteiger partial charge < -0.3 is 10.6 Å². The van der Waals surface area contributed by atoms with Gasteiger partial charge in [-0.25, -0.2) is 0 Å². The van der Waals surface area contributed by atoms with Crippen molar-refractivity contribution in [1.29, 1.82) is 0 Å². The second kappa shape index (κ2) is 9.13. The average Bonchev–Trinajstić information content (AvgIpc) is 2.98. The first-order valence-corrected chi connectivity index (χ1v) is 8.89. The van der Waals surface area contributed by atoms with Crippen LogP contribution in [0.4, 0.5) is 0 Å². The second-order valence-electron chi connectivity index (χ2n) is 5.69. The van der Waals surface area contributed by atoms with Crippen molar-refractivity contribution < 1.29 is 4.79 Å². The molecule has 0 bridgehead atoms. The summed E-state index contributed by atoms with van der Waals surface area (Å²) in [7, 11) is 0. The highest BCUT2D eigenvalue weighted by Crippen LogP contribution is 2.24. The van der Waals surface area contributed by atoms with E-state index in [0.29, 0.717) is 0 Å². The van der Waals surface area contributed by atoms with E-state index in [-0.39, 0.29) is 24.4 Å². The number of thioether (sulfide) groups is 1. The lowest BCUT2D eigenvalue weighted by atomic mass is 10.1. The average molecular weight is 322 g/mol. The number of rotatable bonds is 5. The summed E-state index contributed by atoms with van der Waals surface area (Å²) in [6.45, 7) is 3.79. The SMILES string of the molecule is CSCC[C@H](N)C(=O)N1CCN(C2CCCC2)CC1.Cl. The Hall–Kier alpha value is 0.0300. The van der Waals surface area contributed by atoms with E-state index in [1.54, 1.807) is 11.8 Å². The van der Waals surface area contributed by atoms with Crippen LogP contribution < -0.4 is 5.73 Å². The van der Waals surface area contributed by atoms with Crippen LogP contribution in [0.2, 0.25) is 0 Å². The number of carbonyl (C=O) groups is 1. The van der Waals surface area contributed by atoms with Gasteiger partial charge in [-0.05, 0) is 31.3 Å². The van der Waals surface area contributed by atoms with Gasteiger partial charge >= 0.3 is 0 Å². The van der Waals surface area contributed by atoms with Gasteiger partial charge in [-0.15, -0.1) is 12.4 Å². The fourth-order valence-electron chi connectivity index (χ4n) is 3.18. The van der Waals surface area contributed by atoms with Crippen molar-refractivity contribution in [2.24, 2.45) is 5.73 Å². The summed E-state index contributed by atoms with van der Waals surface area (Å²) in [6, 6.07) is 0.480. The maximum Gasteiger partial charge on any atom is 0.239 e. The third-order valence-corrected chi connectivity index (χ3v) is 5.06. The van der Waals surface area contributed by atoms with Gasteiger partial charge in [0.25, 0.3) is 0 Å². The Morgan fingerprint density at radius 3 is 2.40 bits per heavy atom. The van der Waals surface area contributed by atoms with Gasteiger partial charge in [0.15, 0.2) is 0 Å². The fraction of sp³-hybridized carbons (Fsp3) is 0.929. The van der Waals surface area contributed by atoms with E-state index in [0.717, 1.165) is 44.4 Å². The first-order chi connectivity index (χ1) is 9.22. The molecule has 0 aromatic heterocycles. The Bertz CT molecular complexity index is 292. The Morgan fingerprint density at radius 1 is 1.25 bits per heavy atom. The Morgan fingerprint density at radius 2 is 1.85 bits per heavy atom. The quantitative estimate of drug-likeness (QED) is 0.835. The molecular weight excluding hydrogens is 294 g/mol. The zero-order chi connectivity index (χ0) is 13.7. The lowest BCUT2D eigenvalue weighted by Gasteiger charge is -2.38. The summed E-state index contributed by atoms with van der Waals surface area (Å²) in [5, 5.41) is 0. The van der Waals surface area contributed by atoms with E-state index in [9.17, 15) is 4.79 Å². The van der Waals surface area contributed by atoms with Crippen LogP contribution >= 0.6 is 24.2 Å². The van der Waals surface area contributed by atoms with Crippen molar-refractivity contribution >= 4 is 30.1 Å². The molecule has 0 aromatic carbocycles. The predicted molar refractivity (Wildman–Crippen MR) is 88.6 cm³/mol. The van der Waals surface area contributed by atoms with Crippen molar-refractivity contribution in [1.82, 2.24) is 9.80 Å². The molecule has 2 N–H and O–H groups in total. The molecule has 2 rings (SSSR count). The molecule has 0 spiro atoms. The molecule has 1 amide bonds. The van der Waals surface area contributed by atoms with Crippen LogP contribution in [0.25, 0.3) is 0 Å². The molecule has 6 heteroatoms. The molecule has 0 radical (unpaired) electrons. The van der Waals surface area contributed by atoms with Crippen molar-refractivity contribution in [2.75, 3.05) is 38.2 Å². The second-order valence-corrected chi connectivity index (χ2v) is 6.67. The van der Waals surface area contributed by atoms with E-state index in [1.807, 2.05) is 4.90 Å². The summed E-state index contributed by atoms with van der Waals surface area (Å²) in [5.74, 6) is 1.12. The van der Waals surface area contributed by atoms with Gasteiger partial charge in [-0.1, -0.05) is 12.8 Å². The van der Waals surface area contributed by atoms with Gasteiger partial charge in [0.05, 0.1) is 6.04 Å². The van der Waals surface area contributed by atoms with E-state index in [2.05, 4.69) is 11.2 Å². The highest BCUT2D eigenvalue weighted by atomic mass is 35.5. The zero-order valence-corrected chi connectivity index (χ0v) is 14.1. The van der Waals surface area contributed by atoms with E-state index in [4.69, 9.17) is 5.73 Å². The standard InChI is InChI=1S/C14H27N3OS.ClH/c1-19-11-6-13(15)14(18)17-9-7-16(8-10-17)12-4-2-3-5-12;/h12-13H,2-11,15H2,1H3;1H/t13-;/m0./s1. The molecule has 1 atom stereocenters. The van der Waals surface area contributed by atoms with Crippen LogP contribution in [-0.2, 0) is 4.79 Å². The summed E-state index contributed by atoms with van der Waals surface area (Å²) in [6.07, 6.45) is 8.30. The van der Waals surface area contributed by atoms with E-state index in [1.165, 1.54) is 25.7 Å². The number of piperazine rings is 1. The highest BCUT2D eigenvalue weighted by Gasteiger charge is 2.29. The number of hydrogen-bond donors (Lipinski definition) is 1. The third kappa shape index (κ3) is 4.79. The van der Waals surface area contributed by atoms with Gasteiger partial charge in [-0.3, -0.25) is 9.69 Å². The molecule has 1 saturated carbocycles. The van der Waals surface area contributed by atoms with Crippen molar-refractivity contribution in [3.63, 3.8) is 0 Å². The van der Waals surface area contributed by atoms with Crippen molar-refractivity contribution in [3.05, 3.63) is 0 Å². The molecule has 1 saturated heterocycles. The minimum atomic E-state index is -0.300. The van der Waals surface area contributed by atoms with E-state index < -0.39 is 0 Å². The number of nitrogens with two attached hydrogens (primary N) is 1. The van der Waals surface area contributed by atoms with Crippen LogP contribution in [-0.4, -0.2) is 66.0 Å². The van der Waals surface area contributed by atoms with Crippen LogP contribution in [0.5, 0.6) is 0 Å². The van der Waals surface area contributed by atoms with Gasteiger partial charge in [-0.2, -0.15) is 11.8 Å².